The standard InChI is InChI=1S/2C25H22F4N2O5S.C25H25FN2O4S.C18H18FNO3.C12H8FNO/c2*26-15-8-13-23-21(14-15)31(19-5-1-2-7-22(19)35-23)20-6-3-4-18(24(20)32)30-37(33,34)17-11-9-16(10-12-17)36-25(27,28)29;1-16-9-12-18(13-10-16)33(30,31)27-19-5-4-7-21(25(19)29)28-20-6-2-3-8-23(20)32-24-14-11-17(26)15-22(24)28;19-11-8-9-17-14(10-11)20(12-4-1-2-7-16(12)23-17)13-5-3-6-15(21)18(13)22;13-8-5-6-12-10(7-8)14-9-3-1-2-4-11(9)15-12/h2*1-2,5,7-14,18,20,24,30,32H,3-4,6H2;2-3,6,8-15,19,21,25,27,29H,4-5,7H2,1H3;1-2,4,7-10,13,15,18,21-22H,3,5-6H2;1-7,14H/t18-,20?,24+;18-,20+,24+;19-,21+,25+;13?,15-,18+;/m1010./s1. The fraction of sp³-hybridized carbons (Fsp3) is 0.257. The first-order valence-electron chi connectivity index (χ1n) is 46.4. The SMILES string of the molecule is Cc1ccc(S(=O)(=O)N[C@@H]2CCC[C@H](N3c4ccccc4Oc4ccc(F)cc43)[C@H]2O)cc1.Fc1ccc2c(c1)Nc1ccccc1O2.O=S(=O)(N[C@@H]1CCCC(N2c3ccccc3Oc3ccc(F)cc32)[C@H]1O)c1ccc(OC(F)(F)F)cc1.O=S(=O)(N[C@H]1CCC[C@@H](N2c3ccccc3Oc3ccc(F)cc32)[C@@H]1O)c1ccc(OC(F)(F)F)cc1.O[C@@H]1C(N2c3ccccc3Oc3ccc(F)cc32)CCC[C@@H]1O. The number of fused-ring (bicyclic) bond motifs is 10. The van der Waals surface area contributed by atoms with Crippen molar-refractivity contribution >= 4 is 86.9 Å². The molecule has 26 nitrogen and oxygen atoms in total. The monoisotopic (exact) mass is 2060 g/mol. The number of rotatable bonds is 15. The second-order valence-electron chi connectivity index (χ2n) is 35.6. The summed E-state index contributed by atoms with van der Waals surface area (Å²) in [7, 11) is -12.2. The molecule has 0 saturated heterocycles. The molecular weight excluding hydrogens is 1970 g/mol. The summed E-state index contributed by atoms with van der Waals surface area (Å²) in [5.41, 5.74) is 7.10. The van der Waals surface area contributed by atoms with Crippen molar-refractivity contribution in [1.82, 2.24) is 14.2 Å². The Morgan fingerprint density at radius 3 is 0.876 bits per heavy atom. The summed E-state index contributed by atoms with van der Waals surface area (Å²) < 4.78 is 266. The van der Waals surface area contributed by atoms with E-state index >= 15 is 0 Å². The van der Waals surface area contributed by atoms with Crippen LogP contribution in [0.1, 0.15) is 82.6 Å². The molecule has 0 bridgehead atoms. The van der Waals surface area contributed by atoms with Crippen molar-refractivity contribution in [3.8, 4) is 69.0 Å². The number of halogens is 11. The van der Waals surface area contributed by atoms with E-state index in [9.17, 15) is 99.1 Å². The van der Waals surface area contributed by atoms with E-state index in [1.807, 2.05) is 89.5 Å². The van der Waals surface area contributed by atoms with Crippen LogP contribution in [-0.4, -0.2) is 136 Å². The Morgan fingerprint density at radius 1 is 0.297 bits per heavy atom. The molecule has 145 heavy (non-hydrogen) atoms. The minimum absolute atomic E-state index is 0.159. The maximum Gasteiger partial charge on any atom is 0.573 e. The Balaban J connectivity index is 0.000000122. The molecule has 13 aromatic carbocycles. The number of para-hydroxylation sites is 10. The molecule has 40 heteroatoms. The van der Waals surface area contributed by atoms with Crippen molar-refractivity contribution in [3.63, 3.8) is 0 Å². The van der Waals surface area contributed by atoms with Crippen LogP contribution in [0, 0.1) is 36.0 Å². The van der Waals surface area contributed by atoms with Crippen LogP contribution >= 0.6 is 0 Å². The number of alkyl halides is 6. The molecule has 2 unspecified atom stereocenters. The van der Waals surface area contributed by atoms with Gasteiger partial charge >= 0.3 is 12.7 Å². The minimum atomic E-state index is -4.90. The van der Waals surface area contributed by atoms with E-state index in [0.29, 0.717) is 161 Å². The highest BCUT2D eigenvalue weighted by Gasteiger charge is 2.47. The van der Waals surface area contributed by atoms with Gasteiger partial charge in [-0.15, -0.1) is 26.3 Å². The molecule has 0 radical (unpaired) electrons. The van der Waals surface area contributed by atoms with Crippen LogP contribution in [0.5, 0.6) is 69.0 Å². The van der Waals surface area contributed by atoms with Gasteiger partial charge in [-0.05, 0) is 266 Å². The maximum atomic E-state index is 14.2. The molecule has 0 spiro atoms. The molecule has 9 N–H and O–H groups in total. The molecule has 4 saturated carbocycles. The summed E-state index contributed by atoms with van der Waals surface area (Å²) >= 11 is 0. The molecule has 22 rings (SSSR count). The molecule has 9 aliphatic rings. The molecule has 5 aliphatic heterocycles. The van der Waals surface area contributed by atoms with Crippen LogP contribution < -0.4 is 72.2 Å². The van der Waals surface area contributed by atoms with E-state index in [4.69, 9.17) is 23.7 Å². The number of ether oxygens (including phenoxy) is 7. The highest BCUT2D eigenvalue weighted by atomic mass is 32.2. The molecule has 0 aromatic heterocycles. The zero-order valence-corrected chi connectivity index (χ0v) is 79.2. The third-order valence-electron chi connectivity index (χ3n) is 26.0. The van der Waals surface area contributed by atoms with E-state index in [1.165, 1.54) is 72.8 Å². The number of benzene rings is 13. The van der Waals surface area contributed by atoms with Gasteiger partial charge in [0.05, 0.1) is 138 Å². The Labute approximate surface area is 826 Å². The number of hydrogen-bond donors (Lipinski definition) is 9. The van der Waals surface area contributed by atoms with Gasteiger partial charge in [0.1, 0.15) is 46.7 Å². The maximum absolute atomic E-state index is 14.2. The third-order valence-corrected chi connectivity index (χ3v) is 30.5. The van der Waals surface area contributed by atoms with E-state index in [1.54, 1.807) is 101 Å². The number of aryl methyl sites for hydroxylation is 1. The van der Waals surface area contributed by atoms with Crippen LogP contribution in [0.3, 0.4) is 0 Å². The summed E-state index contributed by atoms with van der Waals surface area (Å²) in [5.74, 6) is 2.40. The largest absolute Gasteiger partial charge is 0.573 e. The van der Waals surface area contributed by atoms with E-state index < -0.39 is 139 Å². The van der Waals surface area contributed by atoms with Gasteiger partial charge in [-0.1, -0.05) is 78.4 Å². The van der Waals surface area contributed by atoms with Gasteiger partial charge in [-0.3, -0.25) is 0 Å². The third kappa shape index (κ3) is 22.7. The lowest BCUT2D eigenvalue weighted by Crippen LogP contribution is -2.56. The number of aliphatic hydroxyl groups is 5. The number of aliphatic hydroxyl groups excluding tert-OH is 5. The highest BCUT2D eigenvalue weighted by Crippen LogP contribution is 2.56. The molecule has 4 aliphatic carbocycles. The smallest absolute Gasteiger partial charge is 0.453 e. The minimum Gasteiger partial charge on any atom is -0.453 e. The van der Waals surface area contributed by atoms with Gasteiger partial charge in [0.15, 0.2) is 57.5 Å². The van der Waals surface area contributed by atoms with Crippen LogP contribution in [-0.2, 0) is 30.1 Å². The lowest BCUT2D eigenvalue weighted by Gasteiger charge is -2.44. The fourth-order valence-corrected chi connectivity index (χ4v) is 23.2. The van der Waals surface area contributed by atoms with Crippen LogP contribution in [0.4, 0.5) is 105 Å². The first-order valence-corrected chi connectivity index (χ1v) is 50.8. The lowest BCUT2D eigenvalue weighted by atomic mass is 9.86. The number of nitrogens with zero attached hydrogens (tertiary/aromatic N) is 4. The van der Waals surface area contributed by atoms with Crippen molar-refractivity contribution in [1.29, 1.82) is 0 Å². The summed E-state index contributed by atoms with van der Waals surface area (Å²) in [6.07, 6.45) is -8.16. The van der Waals surface area contributed by atoms with Gasteiger partial charge in [0, 0.05) is 30.3 Å². The van der Waals surface area contributed by atoms with E-state index in [-0.39, 0.29) is 32.4 Å². The molecule has 0 amide bonds. The number of nitrogens with one attached hydrogen (secondary N) is 4. The van der Waals surface area contributed by atoms with Gasteiger partial charge in [-0.2, -0.15) is 0 Å². The predicted octanol–water partition coefficient (Wildman–Crippen LogP) is 22.1. The van der Waals surface area contributed by atoms with Crippen molar-refractivity contribution in [3.05, 3.63) is 320 Å². The molecule has 12 atom stereocenters. The average molecular weight is 2060 g/mol. The predicted molar refractivity (Wildman–Crippen MR) is 517 cm³/mol. The summed E-state index contributed by atoms with van der Waals surface area (Å²) in [6.45, 7) is 1.89. The molecule has 4 fully saturated rings. The summed E-state index contributed by atoms with van der Waals surface area (Å²) in [6, 6.07) is 67.5. The molecule has 13 aromatic rings. The molecule has 758 valence electrons. The normalized spacial score (nSPS) is 21.5. The Hall–Kier alpha value is -13.8. The second-order valence-corrected chi connectivity index (χ2v) is 40.8. The Morgan fingerprint density at radius 2 is 0.552 bits per heavy atom. The average Bonchev–Trinajstić information content (AvgIpc) is 0.754. The van der Waals surface area contributed by atoms with E-state index in [0.717, 1.165) is 84.1 Å². The van der Waals surface area contributed by atoms with Crippen molar-refractivity contribution < 1.29 is 132 Å². The van der Waals surface area contributed by atoms with Gasteiger partial charge < -0.3 is 83.6 Å². The first-order chi connectivity index (χ1) is 69.3. The quantitative estimate of drug-likeness (QED) is 0.0431. The number of sulfonamides is 3. The topological polar surface area (TPSA) is 329 Å². The first kappa shape index (κ1) is 101. The highest BCUT2D eigenvalue weighted by molar-refractivity contribution is 7.90. The summed E-state index contributed by atoms with van der Waals surface area (Å²) in [4.78, 5) is 6.93. The van der Waals surface area contributed by atoms with Crippen LogP contribution in [0.15, 0.2) is 300 Å². The van der Waals surface area contributed by atoms with Gasteiger partial charge in [0.2, 0.25) is 30.1 Å². The van der Waals surface area contributed by atoms with Crippen LogP contribution in [0.25, 0.3) is 0 Å². The zero-order valence-electron chi connectivity index (χ0n) is 76.8. The van der Waals surface area contributed by atoms with Crippen LogP contribution in [0.2, 0.25) is 0 Å². The van der Waals surface area contributed by atoms with Crippen molar-refractivity contribution in [2.45, 2.75) is 184 Å². The fourth-order valence-electron chi connectivity index (χ4n) is 19.3. The molecular formula is C105H95F11N8O18S3. The van der Waals surface area contributed by atoms with Gasteiger partial charge in [-0.25, -0.2) is 61.4 Å². The molecule has 5 heterocycles. The Kier molecular flexibility index (Phi) is 29.4. The number of hydrogen-bond acceptors (Lipinski definition) is 23. The summed E-state index contributed by atoms with van der Waals surface area (Å²) in [5, 5.41) is 57.7. The Bertz CT molecular complexity index is 7050. The lowest BCUT2D eigenvalue weighted by molar-refractivity contribution is -0.275. The number of anilines is 10. The van der Waals surface area contributed by atoms with Crippen molar-refractivity contribution in [2.24, 2.45) is 0 Å². The zero-order chi connectivity index (χ0) is 102. The van der Waals surface area contributed by atoms with Crippen molar-refractivity contribution in [2.75, 3.05) is 24.9 Å². The van der Waals surface area contributed by atoms with Gasteiger partial charge in [0.25, 0.3) is 0 Å². The second kappa shape index (κ2) is 42.1. The van der Waals surface area contributed by atoms with E-state index in [2.05, 4.69) is 29.0 Å².